The molecule has 0 radical (unpaired) electrons. The van der Waals surface area contributed by atoms with Crippen LogP contribution in [0, 0.1) is 6.92 Å². The van der Waals surface area contributed by atoms with Crippen LogP contribution in [0.5, 0.6) is 0 Å². The quantitative estimate of drug-likeness (QED) is 0.647. The molecule has 1 heterocycles. The predicted octanol–water partition coefficient (Wildman–Crippen LogP) is 3.54. The van der Waals surface area contributed by atoms with E-state index in [2.05, 4.69) is 41.4 Å². The number of hydrogen-bond donors (Lipinski definition) is 2. The summed E-state index contributed by atoms with van der Waals surface area (Å²) in [6.45, 7) is 5.94. The van der Waals surface area contributed by atoms with Crippen molar-refractivity contribution in [1.82, 2.24) is 10.2 Å². The second kappa shape index (κ2) is 12.7. The van der Waals surface area contributed by atoms with Crippen molar-refractivity contribution in [3.8, 4) is 0 Å². The van der Waals surface area contributed by atoms with Crippen LogP contribution in [0.1, 0.15) is 29.2 Å². The van der Waals surface area contributed by atoms with Crippen LogP contribution in [0.15, 0.2) is 48.5 Å². The number of aryl methyl sites for hydroxylation is 2. The number of nitrogens with two attached hydrogens (primary N) is 1. The summed E-state index contributed by atoms with van der Waals surface area (Å²) < 4.78 is 5.49. The zero-order valence-corrected chi connectivity index (χ0v) is 18.4. The van der Waals surface area contributed by atoms with Gasteiger partial charge in [0.1, 0.15) is 0 Å². The minimum Gasteiger partial charge on any atom is -0.399 e. The molecule has 5 nitrogen and oxygen atoms in total. The molecular weight excluding hydrogens is 409 g/mol. The molecule has 0 aromatic heterocycles. The van der Waals surface area contributed by atoms with Gasteiger partial charge in [-0.15, -0.1) is 24.8 Å². The van der Waals surface area contributed by atoms with Gasteiger partial charge >= 0.3 is 0 Å². The van der Waals surface area contributed by atoms with Gasteiger partial charge in [0.2, 0.25) is 5.91 Å². The number of nitrogens with zero attached hydrogens (tertiary/aromatic N) is 1. The van der Waals surface area contributed by atoms with Crippen molar-refractivity contribution in [2.75, 3.05) is 38.6 Å². The highest BCUT2D eigenvalue weighted by Crippen LogP contribution is 2.22. The number of rotatable bonds is 7. The molecule has 3 N–H and O–H groups in total. The summed E-state index contributed by atoms with van der Waals surface area (Å²) in [4.78, 5) is 14.8. The van der Waals surface area contributed by atoms with E-state index in [1.54, 1.807) is 0 Å². The molecular formula is C22H31Cl2N3O2. The highest BCUT2D eigenvalue weighted by atomic mass is 35.5. The molecule has 0 saturated carbocycles. The van der Waals surface area contributed by atoms with Crippen LogP contribution in [0.2, 0.25) is 0 Å². The maximum absolute atomic E-state index is 12.4. The molecule has 1 atom stereocenters. The number of halogens is 2. The Labute approximate surface area is 185 Å². The normalized spacial score (nSPS) is 14.9. The van der Waals surface area contributed by atoms with Gasteiger partial charge in [-0.25, -0.2) is 0 Å². The lowest BCUT2D eigenvalue weighted by molar-refractivity contribution is -0.121. The SMILES string of the molecule is Cc1ccc(C(CNC(=O)CCc2ccccc2N)N2CCOCC2)cc1.Cl.Cl. The lowest BCUT2D eigenvalue weighted by Crippen LogP contribution is -2.43. The Bertz CT molecular complexity index is 750. The van der Waals surface area contributed by atoms with Crippen molar-refractivity contribution in [2.24, 2.45) is 0 Å². The van der Waals surface area contributed by atoms with E-state index in [-0.39, 0.29) is 36.8 Å². The first kappa shape index (κ1) is 25.2. The van der Waals surface area contributed by atoms with Gasteiger partial charge in [-0.3, -0.25) is 9.69 Å². The molecule has 2 aromatic carbocycles. The summed E-state index contributed by atoms with van der Waals surface area (Å²) in [6, 6.07) is 16.5. The van der Waals surface area contributed by atoms with Crippen molar-refractivity contribution in [1.29, 1.82) is 0 Å². The second-order valence-corrected chi connectivity index (χ2v) is 7.08. The van der Waals surface area contributed by atoms with Gasteiger partial charge in [0, 0.05) is 31.7 Å². The van der Waals surface area contributed by atoms with Gasteiger partial charge in [0.15, 0.2) is 0 Å². The molecule has 0 aliphatic carbocycles. The molecule has 0 spiro atoms. The number of carbonyl (C=O) groups is 1. The number of benzene rings is 2. The van der Waals surface area contributed by atoms with Crippen molar-refractivity contribution < 1.29 is 9.53 Å². The van der Waals surface area contributed by atoms with E-state index < -0.39 is 0 Å². The predicted molar refractivity (Wildman–Crippen MR) is 123 cm³/mol. The summed E-state index contributed by atoms with van der Waals surface area (Å²) in [5.41, 5.74) is 10.2. The molecule has 0 bridgehead atoms. The average Bonchev–Trinajstić information content (AvgIpc) is 2.69. The van der Waals surface area contributed by atoms with E-state index in [4.69, 9.17) is 10.5 Å². The highest BCUT2D eigenvalue weighted by molar-refractivity contribution is 5.85. The van der Waals surface area contributed by atoms with Crippen molar-refractivity contribution >= 4 is 36.4 Å². The number of hydrogen-bond acceptors (Lipinski definition) is 4. The Balaban J connectivity index is 0.00000210. The van der Waals surface area contributed by atoms with E-state index in [0.717, 1.165) is 37.6 Å². The number of ether oxygens (including phenoxy) is 1. The maximum Gasteiger partial charge on any atom is 0.220 e. The van der Waals surface area contributed by atoms with E-state index in [0.29, 0.717) is 19.4 Å². The maximum atomic E-state index is 12.4. The molecule has 1 unspecified atom stereocenters. The third-order valence-electron chi connectivity index (χ3n) is 5.12. The fraction of sp³-hybridized carbons (Fsp3) is 0.409. The van der Waals surface area contributed by atoms with Gasteiger partial charge in [0.25, 0.3) is 0 Å². The number of morpholine rings is 1. The number of amides is 1. The van der Waals surface area contributed by atoms with Crippen molar-refractivity contribution in [3.63, 3.8) is 0 Å². The molecule has 2 aromatic rings. The van der Waals surface area contributed by atoms with Crippen LogP contribution in [0.25, 0.3) is 0 Å². The molecule has 160 valence electrons. The van der Waals surface area contributed by atoms with E-state index >= 15 is 0 Å². The number of para-hydroxylation sites is 1. The third-order valence-corrected chi connectivity index (χ3v) is 5.12. The highest BCUT2D eigenvalue weighted by Gasteiger charge is 2.23. The summed E-state index contributed by atoms with van der Waals surface area (Å²) in [5, 5.41) is 3.12. The Morgan fingerprint density at radius 3 is 2.41 bits per heavy atom. The summed E-state index contributed by atoms with van der Waals surface area (Å²) in [7, 11) is 0. The van der Waals surface area contributed by atoms with E-state index in [1.165, 1.54) is 11.1 Å². The molecule has 1 aliphatic heterocycles. The number of nitrogens with one attached hydrogen (secondary N) is 1. The molecule has 1 aliphatic rings. The minimum atomic E-state index is 0. The monoisotopic (exact) mass is 439 g/mol. The molecule has 29 heavy (non-hydrogen) atoms. The molecule has 1 amide bonds. The van der Waals surface area contributed by atoms with Crippen LogP contribution in [0.3, 0.4) is 0 Å². The van der Waals surface area contributed by atoms with Crippen molar-refractivity contribution in [2.45, 2.75) is 25.8 Å². The Morgan fingerprint density at radius 1 is 1.10 bits per heavy atom. The van der Waals surface area contributed by atoms with Gasteiger partial charge in [-0.1, -0.05) is 48.0 Å². The molecule has 1 fully saturated rings. The first-order chi connectivity index (χ1) is 13.1. The smallest absolute Gasteiger partial charge is 0.220 e. The second-order valence-electron chi connectivity index (χ2n) is 7.08. The van der Waals surface area contributed by atoms with Crippen molar-refractivity contribution in [3.05, 3.63) is 65.2 Å². The van der Waals surface area contributed by atoms with Crippen LogP contribution in [-0.4, -0.2) is 43.7 Å². The Kier molecular flexibility index (Phi) is 11.1. The summed E-state index contributed by atoms with van der Waals surface area (Å²) in [5.74, 6) is 0.0589. The van der Waals surface area contributed by atoms with Crippen LogP contribution in [0.4, 0.5) is 5.69 Å². The number of carbonyl (C=O) groups excluding carboxylic acids is 1. The van der Waals surface area contributed by atoms with Crippen LogP contribution >= 0.6 is 24.8 Å². The first-order valence-corrected chi connectivity index (χ1v) is 9.62. The van der Waals surface area contributed by atoms with Gasteiger partial charge in [-0.2, -0.15) is 0 Å². The topological polar surface area (TPSA) is 67.6 Å². The van der Waals surface area contributed by atoms with Crippen LogP contribution in [-0.2, 0) is 16.0 Å². The van der Waals surface area contributed by atoms with Crippen LogP contribution < -0.4 is 11.1 Å². The van der Waals surface area contributed by atoms with E-state index in [1.807, 2.05) is 24.3 Å². The standard InChI is InChI=1S/C22H29N3O2.2ClH/c1-17-6-8-19(9-7-17)21(25-12-14-27-15-13-25)16-24-22(26)11-10-18-4-2-3-5-20(18)23;;/h2-9,21H,10-16,23H2,1H3,(H,24,26);2*1H. The Hall–Kier alpha value is -1.79. The van der Waals surface area contributed by atoms with Gasteiger partial charge < -0.3 is 15.8 Å². The Morgan fingerprint density at radius 2 is 1.76 bits per heavy atom. The summed E-state index contributed by atoms with van der Waals surface area (Å²) >= 11 is 0. The molecule has 3 rings (SSSR count). The average molecular weight is 440 g/mol. The van der Waals surface area contributed by atoms with Gasteiger partial charge in [-0.05, 0) is 30.5 Å². The lowest BCUT2D eigenvalue weighted by atomic mass is 10.0. The van der Waals surface area contributed by atoms with E-state index in [9.17, 15) is 4.79 Å². The largest absolute Gasteiger partial charge is 0.399 e. The number of nitrogen functional groups attached to an aromatic ring is 1. The van der Waals surface area contributed by atoms with Gasteiger partial charge in [0.05, 0.1) is 19.3 Å². The summed E-state index contributed by atoms with van der Waals surface area (Å²) in [6.07, 6.45) is 1.10. The minimum absolute atomic E-state index is 0. The molecule has 7 heteroatoms. The zero-order valence-electron chi connectivity index (χ0n) is 16.8. The zero-order chi connectivity index (χ0) is 19.1. The fourth-order valence-electron chi connectivity index (χ4n) is 3.44. The first-order valence-electron chi connectivity index (χ1n) is 9.62. The third kappa shape index (κ3) is 7.52. The lowest BCUT2D eigenvalue weighted by Gasteiger charge is -2.35. The fourth-order valence-corrected chi connectivity index (χ4v) is 3.44. The molecule has 1 saturated heterocycles. The number of anilines is 1.